The van der Waals surface area contributed by atoms with E-state index in [9.17, 15) is 4.79 Å². The molecule has 25 heavy (non-hydrogen) atoms. The highest BCUT2D eigenvalue weighted by Crippen LogP contribution is 2.38. The number of hydrogen-bond acceptors (Lipinski definition) is 3. The lowest BCUT2D eigenvalue weighted by atomic mass is 9.84. The highest BCUT2D eigenvalue weighted by Gasteiger charge is 2.27. The lowest BCUT2D eigenvalue weighted by Crippen LogP contribution is -2.32. The molecule has 0 saturated carbocycles. The van der Waals surface area contributed by atoms with E-state index in [0.29, 0.717) is 10.0 Å². The molecule has 1 aliphatic rings. The topological polar surface area (TPSA) is 58.4 Å². The maximum Gasteiger partial charge on any atom is 0.240 e. The summed E-state index contributed by atoms with van der Waals surface area (Å²) in [5.41, 5.74) is 9.77. The first-order valence-electron chi connectivity index (χ1n) is 8.18. The van der Waals surface area contributed by atoms with Crippen molar-refractivity contribution >= 4 is 34.8 Å². The number of likely N-dealkylation sites (N-methyl/N-ethyl adjacent to an activating group) is 1. The molecule has 3 rings (SSSR count). The Kier molecular flexibility index (Phi) is 5.35. The second-order valence-corrected chi connectivity index (χ2v) is 7.45. The number of nitrogens with one attached hydrogen (secondary N) is 1. The van der Waals surface area contributed by atoms with Crippen molar-refractivity contribution in [2.45, 2.75) is 25.4 Å². The Bertz CT molecular complexity index is 790. The number of hydrogen-bond donors (Lipinski definition) is 2. The third-order valence-corrected chi connectivity index (χ3v) is 5.04. The highest BCUT2D eigenvalue weighted by atomic mass is 35.5. The molecule has 0 spiro atoms. The van der Waals surface area contributed by atoms with Gasteiger partial charge < -0.3 is 16.0 Å². The Morgan fingerprint density at radius 1 is 1.28 bits per heavy atom. The van der Waals surface area contributed by atoms with Crippen LogP contribution in [0.3, 0.4) is 0 Å². The summed E-state index contributed by atoms with van der Waals surface area (Å²) >= 11 is 12.6. The summed E-state index contributed by atoms with van der Waals surface area (Å²) in [6.07, 6.45) is 0. The summed E-state index contributed by atoms with van der Waals surface area (Å²) in [7, 11) is 2.08. The molecule has 0 aromatic heterocycles. The summed E-state index contributed by atoms with van der Waals surface area (Å²) in [5.74, 6) is -0.0165. The van der Waals surface area contributed by atoms with Gasteiger partial charge in [-0.15, -0.1) is 0 Å². The molecule has 1 aliphatic heterocycles. The molecule has 0 aliphatic carbocycles. The SMILES string of the molecule is C[C@H](N)C(=O)Nc1ccc(C2CN(C)Cc3c(Cl)cc(Cl)cc32)cc1. The molecule has 1 heterocycles. The zero-order chi connectivity index (χ0) is 18.1. The lowest BCUT2D eigenvalue weighted by molar-refractivity contribution is -0.117. The summed E-state index contributed by atoms with van der Waals surface area (Å²) in [6.45, 7) is 3.35. The molecule has 4 nitrogen and oxygen atoms in total. The lowest BCUT2D eigenvalue weighted by Gasteiger charge is -2.33. The van der Waals surface area contributed by atoms with Gasteiger partial charge in [0.1, 0.15) is 0 Å². The molecule has 2 aromatic rings. The molecular weight excluding hydrogens is 357 g/mol. The molecule has 2 aromatic carbocycles. The van der Waals surface area contributed by atoms with Crippen molar-refractivity contribution in [3.8, 4) is 0 Å². The van der Waals surface area contributed by atoms with Crippen LogP contribution in [-0.2, 0) is 11.3 Å². The minimum Gasteiger partial charge on any atom is -0.325 e. The normalized spacial score (nSPS) is 18.5. The first kappa shape index (κ1) is 18.2. The molecule has 0 radical (unpaired) electrons. The number of fused-ring (bicyclic) bond motifs is 1. The van der Waals surface area contributed by atoms with Crippen molar-refractivity contribution in [3.05, 3.63) is 63.1 Å². The van der Waals surface area contributed by atoms with Gasteiger partial charge in [0.2, 0.25) is 5.91 Å². The number of rotatable bonds is 3. The smallest absolute Gasteiger partial charge is 0.240 e. The van der Waals surface area contributed by atoms with Crippen LogP contribution in [-0.4, -0.2) is 30.4 Å². The van der Waals surface area contributed by atoms with Crippen LogP contribution in [0.25, 0.3) is 0 Å². The monoisotopic (exact) mass is 377 g/mol. The van der Waals surface area contributed by atoms with Crippen LogP contribution in [0, 0.1) is 0 Å². The highest BCUT2D eigenvalue weighted by molar-refractivity contribution is 6.35. The summed E-state index contributed by atoms with van der Waals surface area (Å²) in [5, 5.41) is 4.16. The van der Waals surface area contributed by atoms with Crippen LogP contribution in [0.4, 0.5) is 5.69 Å². The first-order chi connectivity index (χ1) is 11.8. The number of carbonyl (C=O) groups excluding carboxylic acids is 1. The third-order valence-electron chi connectivity index (χ3n) is 4.49. The minimum absolute atomic E-state index is 0.183. The molecule has 3 N–H and O–H groups in total. The predicted molar refractivity (Wildman–Crippen MR) is 103 cm³/mol. The van der Waals surface area contributed by atoms with Crippen LogP contribution >= 0.6 is 23.2 Å². The van der Waals surface area contributed by atoms with Gasteiger partial charge in [0.05, 0.1) is 6.04 Å². The van der Waals surface area contributed by atoms with Crippen molar-refractivity contribution in [3.63, 3.8) is 0 Å². The fraction of sp³-hybridized carbons (Fsp3) is 0.316. The van der Waals surface area contributed by atoms with Crippen LogP contribution in [0.5, 0.6) is 0 Å². The first-order valence-corrected chi connectivity index (χ1v) is 8.93. The third kappa shape index (κ3) is 3.98. The molecule has 0 fully saturated rings. The number of halogens is 2. The van der Waals surface area contributed by atoms with E-state index in [1.54, 1.807) is 13.0 Å². The van der Waals surface area contributed by atoms with Gasteiger partial charge in [-0.3, -0.25) is 4.79 Å². The zero-order valence-corrected chi connectivity index (χ0v) is 15.7. The summed E-state index contributed by atoms with van der Waals surface area (Å²) < 4.78 is 0. The fourth-order valence-corrected chi connectivity index (χ4v) is 3.75. The standard InChI is InChI=1S/C19H21Cl2N3O/c1-11(22)19(25)23-14-5-3-12(4-6-14)16-9-24(2)10-17-15(16)7-13(20)8-18(17)21/h3-8,11,16H,9-10,22H2,1-2H3,(H,23,25)/t11-,16?/m0/s1. The van der Waals surface area contributed by atoms with E-state index in [-0.39, 0.29) is 11.8 Å². The van der Waals surface area contributed by atoms with E-state index in [1.165, 1.54) is 5.56 Å². The number of anilines is 1. The van der Waals surface area contributed by atoms with Gasteiger partial charge in [-0.05, 0) is 54.9 Å². The molecule has 1 amide bonds. The summed E-state index contributed by atoms with van der Waals surface area (Å²) in [4.78, 5) is 14.0. The Morgan fingerprint density at radius 3 is 2.60 bits per heavy atom. The zero-order valence-electron chi connectivity index (χ0n) is 14.2. The molecule has 2 atom stereocenters. The average Bonchev–Trinajstić information content (AvgIpc) is 2.55. The number of nitrogens with two attached hydrogens (primary N) is 1. The quantitative estimate of drug-likeness (QED) is 0.853. The predicted octanol–water partition coefficient (Wildman–Crippen LogP) is 3.86. The van der Waals surface area contributed by atoms with E-state index < -0.39 is 6.04 Å². The number of nitrogens with zero attached hydrogens (tertiary/aromatic N) is 1. The molecule has 1 unspecified atom stereocenters. The van der Waals surface area contributed by atoms with Gasteiger partial charge in [0.25, 0.3) is 0 Å². The Labute approximate surface area is 157 Å². The van der Waals surface area contributed by atoms with Gasteiger partial charge in [-0.1, -0.05) is 35.3 Å². The van der Waals surface area contributed by atoms with Crippen molar-refractivity contribution in [2.24, 2.45) is 5.73 Å². The second-order valence-electron chi connectivity index (χ2n) is 6.60. The van der Waals surface area contributed by atoms with E-state index in [0.717, 1.165) is 29.9 Å². The van der Waals surface area contributed by atoms with E-state index in [1.807, 2.05) is 30.3 Å². The molecule has 132 valence electrons. The van der Waals surface area contributed by atoms with Gasteiger partial charge in [0.15, 0.2) is 0 Å². The number of carbonyl (C=O) groups is 1. The van der Waals surface area contributed by atoms with Crippen LogP contribution < -0.4 is 11.1 Å². The van der Waals surface area contributed by atoms with Crippen molar-refractivity contribution < 1.29 is 4.79 Å². The van der Waals surface area contributed by atoms with Gasteiger partial charge in [0, 0.05) is 34.7 Å². The second kappa shape index (κ2) is 7.34. The Balaban J connectivity index is 1.91. The number of benzene rings is 2. The maximum absolute atomic E-state index is 11.7. The van der Waals surface area contributed by atoms with Gasteiger partial charge in [-0.2, -0.15) is 0 Å². The van der Waals surface area contributed by atoms with Crippen LogP contribution in [0.15, 0.2) is 36.4 Å². The van der Waals surface area contributed by atoms with Gasteiger partial charge >= 0.3 is 0 Å². The number of amides is 1. The molecule has 0 bridgehead atoms. The average molecular weight is 378 g/mol. The van der Waals surface area contributed by atoms with Crippen molar-refractivity contribution in [1.29, 1.82) is 0 Å². The minimum atomic E-state index is -0.539. The Morgan fingerprint density at radius 2 is 1.96 bits per heavy atom. The molecular formula is C19H21Cl2N3O. The van der Waals surface area contributed by atoms with Crippen molar-refractivity contribution in [2.75, 3.05) is 18.9 Å². The fourth-order valence-electron chi connectivity index (χ4n) is 3.19. The maximum atomic E-state index is 11.7. The summed E-state index contributed by atoms with van der Waals surface area (Å²) in [6, 6.07) is 11.1. The molecule has 6 heteroatoms. The Hall–Kier alpha value is -1.59. The van der Waals surface area contributed by atoms with Crippen LogP contribution in [0.2, 0.25) is 10.0 Å². The van der Waals surface area contributed by atoms with Crippen LogP contribution in [0.1, 0.15) is 29.5 Å². The van der Waals surface area contributed by atoms with E-state index in [4.69, 9.17) is 28.9 Å². The van der Waals surface area contributed by atoms with E-state index in [2.05, 4.69) is 17.3 Å². The van der Waals surface area contributed by atoms with Gasteiger partial charge in [-0.25, -0.2) is 0 Å². The van der Waals surface area contributed by atoms with E-state index >= 15 is 0 Å². The van der Waals surface area contributed by atoms with Crippen molar-refractivity contribution in [1.82, 2.24) is 4.90 Å². The largest absolute Gasteiger partial charge is 0.325 e. The molecule has 0 saturated heterocycles.